The van der Waals surface area contributed by atoms with Gasteiger partial charge < -0.3 is 16.4 Å². The molecule has 2 rings (SSSR count). The predicted molar refractivity (Wildman–Crippen MR) is 79.6 cm³/mol. The highest BCUT2D eigenvalue weighted by atomic mass is 19.1. The van der Waals surface area contributed by atoms with Crippen LogP contribution in [0.5, 0.6) is 0 Å². The van der Waals surface area contributed by atoms with Crippen LogP contribution in [-0.2, 0) is 0 Å². The van der Waals surface area contributed by atoms with Crippen LogP contribution >= 0.6 is 0 Å². The Morgan fingerprint density at radius 3 is 2.65 bits per heavy atom. The van der Waals surface area contributed by atoms with Crippen molar-refractivity contribution in [3.8, 4) is 0 Å². The van der Waals surface area contributed by atoms with E-state index < -0.39 is 0 Å². The van der Waals surface area contributed by atoms with Crippen LogP contribution in [0.15, 0.2) is 24.3 Å². The quantitative estimate of drug-likeness (QED) is 0.782. The summed E-state index contributed by atoms with van der Waals surface area (Å²) in [6.45, 7) is 4.58. The lowest BCUT2D eigenvalue weighted by molar-refractivity contribution is 0.619. The van der Waals surface area contributed by atoms with Crippen molar-refractivity contribution >= 4 is 23.3 Å². The fraction of sp³-hybridized carbons (Fsp3) is 0.286. The molecular weight excluding hydrogens is 257 g/mol. The third-order valence-corrected chi connectivity index (χ3v) is 2.74. The SMILES string of the molecule is CCCNc1cc(Nc2ccc(C)c(F)c2)nc(N)n1. The van der Waals surface area contributed by atoms with Crippen LogP contribution in [0.25, 0.3) is 0 Å². The molecule has 20 heavy (non-hydrogen) atoms. The van der Waals surface area contributed by atoms with Gasteiger partial charge in [-0.15, -0.1) is 0 Å². The lowest BCUT2D eigenvalue weighted by Crippen LogP contribution is -2.06. The van der Waals surface area contributed by atoms with Crippen molar-refractivity contribution in [3.05, 3.63) is 35.6 Å². The molecule has 0 radical (unpaired) electrons. The molecule has 1 aromatic carbocycles. The van der Waals surface area contributed by atoms with Gasteiger partial charge in [0.05, 0.1) is 0 Å². The van der Waals surface area contributed by atoms with Crippen LogP contribution in [0.2, 0.25) is 0 Å². The number of nitrogen functional groups attached to an aromatic ring is 1. The van der Waals surface area contributed by atoms with Gasteiger partial charge in [-0.05, 0) is 31.0 Å². The van der Waals surface area contributed by atoms with E-state index in [1.165, 1.54) is 6.07 Å². The van der Waals surface area contributed by atoms with E-state index >= 15 is 0 Å². The number of aromatic nitrogens is 2. The highest BCUT2D eigenvalue weighted by molar-refractivity contribution is 5.61. The highest BCUT2D eigenvalue weighted by Crippen LogP contribution is 2.20. The average Bonchev–Trinajstić information content (AvgIpc) is 2.40. The minimum Gasteiger partial charge on any atom is -0.370 e. The molecule has 0 aliphatic carbocycles. The van der Waals surface area contributed by atoms with Crippen molar-refractivity contribution in [2.75, 3.05) is 22.9 Å². The Morgan fingerprint density at radius 2 is 1.95 bits per heavy atom. The van der Waals surface area contributed by atoms with Crippen molar-refractivity contribution in [2.45, 2.75) is 20.3 Å². The van der Waals surface area contributed by atoms with Gasteiger partial charge in [0.15, 0.2) is 0 Å². The monoisotopic (exact) mass is 275 g/mol. The van der Waals surface area contributed by atoms with Gasteiger partial charge in [-0.2, -0.15) is 9.97 Å². The summed E-state index contributed by atoms with van der Waals surface area (Å²) in [6, 6.07) is 6.66. The van der Waals surface area contributed by atoms with Gasteiger partial charge in [0, 0.05) is 18.3 Å². The second kappa shape index (κ2) is 6.18. The molecule has 0 bridgehead atoms. The first-order valence-electron chi connectivity index (χ1n) is 6.50. The van der Waals surface area contributed by atoms with Crippen molar-refractivity contribution < 1.29 is 4.39 Å². The number of nitrogens with zero attached hydrogens (tertiary/aromatic N) is 2. The summed E-state index contributed by atoms with van der Waals surface area (Å²) in [5.41, 5.74) is 6.88. The molecule has 0 saturated heterocycles. The lowest BCUT2D eigenvalue weighted by atomic mass is 10.2. The first-order valence-corrected chi connectivity index (χ1v) is 6.50. The van der Waals surface area contributed by atoms with Crippen LogP contribution in [-0.4, -0.2) is 16.5 Å². The molecule has 0 saturated carbocycles. The van der Waals surface area contributed by atoms with Crippen LogP contribution < -0.4 is 16.4 Å². The molecule has 1 aromatic heterocycles. The van der Waals surface area contributed by atoms with Crippen LogP contribution in [0.1, 0.15) is 18.9 Å². The number of hydrogen-bond donors (Lipinski definition) is 3. The Balaban J connectivity index is 2.19. The standard InChI is InChI=1S/C14H18FN5/c1-3-6-17-12-8-13(20-14(16)19-12)18-10-5-4-9(2)11(15)7-10/h4-5,7-8H,3,6H2,1-2H3,(H4,16,17,18,19,20). The average molecular weight is 275 g/mol. The van der Waals surface area contributed by atoms with Gasteiger partial charge in [0.1, 0.15) is 17.5 Å². The molecule has 106 valence electrons. The smallest absolute Gasteiger partial charge is 0.223 e. The molecule has 0 amide bonds. The van der Waals surface area contributed by atoms with E-state index in [1.807, 2.05) is 0 Å². The Morgan fingerprint density at radius 1 is 1.20 bits per heavy atom. The summed E-state index contributed by atoms with van der Waals surface area (Å²) in [6.07, 6.45) is 0.982. The molecular formula is C14H18FN5. The molecule has 0 spiro atoms. The Bertz CT molecular complexity index is 600. The first-order chi connectivity index (χ1) is 9.58. The van der Waals surface area contributed by atoms with Crippen molar-refractivity contribution in [1.29, 1.82) is 0 Å². The normalized spacial score (nSPS) is 10.3. The molecule has 5 nitrogen and oxygen atoms in total. The number of benzene rings is 1. The zero-order valence-electron chi connectivity index (χ0n) is 11.6. The zero-order chi connectivity index (χ0) is 14.5. The number of halogens is 1. The second-order valence-corrected chi connectivity index (χ2v) is 4.51. The van der Waals surface area contributed by atoms with Crippen LogP contribution in [0.4, 0.5) is 27.7 Å². The van der Waals surface area contributed by atoms with Crippen LogP contribution in [0, 0.1) is 12.7 Å². The summed E-state index contributed by atoms with van der Waals surface area (Å²) >= 11 is 0. The van der Waals surface area contributed by atoms with E-state index in [0.717, 1.165) is 13.0 Å². The fourth-order valence-corrected chi connectivity index (χ4v) is 1.69. The van der Waals surface area contributed by atoms with Gasteiger partial charge >= 0.3 is 0 Å². The van der Waals surface area contributed by atoms with E-state index in [4.69, 9.17) is 5.73 Å². The molecule has 0 atom stereocenters. The maximum atomic E-state index is 13.5. The summed E-state index contributed by atoms with van der Waals surface area (Å²) in [7, 11) is 0. The number of anilines is 4. The Hall–Kier alpha value is -2.37. The minimum absolute atomic E-state index is 0.168. The second-order valence-electron chi connectivity index (χ2n) is 4.51. The summed E-state index contributed by atoms with van der Waals surface area (Å²) in [5.74, 6) is 1.08. The van der Waals surface area contributed by atoms with Gasteiger partial charge in [-0.25, -0.2) is 4.39 Å². The van der Waals surface area contributed by atoms with E-state index in [0.29, 0.717) is 22.9 Å². The maximum Gasteiger partial charge on any atom is 0.223 e. The summed E-state index contributed by atoms with van der Waals surface area (Å²) in [5, 5.41) is 6.16. The van der Waals surface area contributed by atoms with Gasteiger partial charge in [-0.3, -0.25) is 0 Å². The summed E-state index contributed by atoms with van der Waals surface area (Å²) < 4.78 is 13.5. The first kappa shape index (κ1) is 14.0. The molecule has 0 aliphatic rings. The van der Waals surface area contributed by atoms with Crippen LogP contribution in [0.3, 0.4) is 0 Å². The Kier molecular flexibility index (Phi) is 4.34. The number of aryl methyl sites for hydroxylation is 1. The number of rotatable bonds is 5. The van der Waals surface area contributed by atoms with Gasteiger partial charge in [0.2, 0.25) is 5.95 Å². The van der Waals surface area contributed by atoms with E-state index in [9.17, 15) is 4.39 Å². The van der Waals surface area contributed by atoms with Gasteiger partial charge in [-0.1, -0.05) is 13.0 Å². The minimum atomic E-state index is -0.263. The van der Waals surface area contributed by atoms with Crippen molar-refractivity contribution in [2.24, 2.45) is 0 Å². The van der Waals surface area contributed by atoms with Crippen molar-refractivity contribution in [3.63, 3.8) is 0 Å². The third kappa shape index (κ3) is 3.57. The molecule has 2 aromatic rings. The number of nitrogens with two attached hydrogens (primary N) is 1. The number of hydrogen-bond acceptors (Lipinski definition) is 5. The van der Waals surface area contributed by atoms with E-state index in [1.54, 1.807) is 25.1 Å². The van der Waals surface area contributed by atoms with Gasteiger partial charge in [0.25, 0.3) is 0 Å². The molecule has 0 aliphatic heterocycles. The molecule has 4 N–H and O–H groups in total. The zero-order valence-corrected chi connectivity index (χ0v) is 11.6. The molecule has 0 unspecified atom stereocenters. The van der Waals surface area contributed by atoms with E-state index in [2.05, 4.69) is 27.5 Å². The maximum absolute atomic E-state index is 13.5. The largest absolute Gasteiger partial charge is 0.370 e. The highest BCUT2D eigenvalue weighted by Gasteiger charge is 2.04. The fourth-order valence-electron chi connectivity index (χ4n) is 1.69. The molecule has 6 heteroatoms. The summed E-state index contributed by atoms with van der Waals surface area (Å²) in [4.78, 5) is 8.17. The Labute approximate surface area is 117 Å². The topological polar surface area (TPSA) is 75.9 Å². The van der Waals surface area contributed by atoms with Crippen molar-refractivity contribution in [1.82, 2.24) is 9.97 Å². The predicted octanol–water partition coefficient (Wildman–Crippen LogP) is 3.07. The van der Waals surface area contributed by atoms with E-state index in [-0.39, 0.29) is 11.8 Å². The molecule has 0 fully saturated rings. The lowest BCUT2D eigenvalue weighted by Gasteiger charge is -2.10. The number of nitrogens with one attached hydrogen (secondary N) is 2. The molecule has 1 heterocycles. The third-order valence-electron chi connectivity index (χ3n) is 2.74.